The predicted octanol–water partition coefficient (Wildman–Crippen LogP) is 1.45. The monoisotopic (exact) mass is 312 g/mol. The van der Waals surface area contributed by atoms with Gasteiger partial charge < -0.3 is 5.32 Å². The molecule has 2 saturated heterocycles. The molecular formula is C12H16N4S3. The highest BCUT2D eigenvalue weighted by Crippen LogP contribution is 2.42. The first-order valence-electron chi connectivity index (χ1n) is 6.29. The van der Waals surface area contributed by atoms with E-state index in [9.17, 15) is 0 Å². The van der Waals surface area contributed by atoms with E-state index in [4.69, 9.17) is 12.2 Å². The van der Waals surface area contributed by atoms with Crippen molar-refractivity contribution in [3.05, 3.63) is 30.1 Å². The normalized spacial score (nSPS) is 25.5. The topological polar surface area (TPSA) is 40.2 Å². The van der Waals surface area contributed by atoms with Crippen molar-refractivity contribution < 1.29 is 0 Å². The number of thioether (sulfide) groups is 2. The first-order chi connectivity index (χ1) is 9.33. The minimum Gasteiger partial charge on any atom is -0.361 e. The molecule has 2 bridgehead atoms. The minimum absolute atomic E-state index is 0.575. The van der Waals surface area contributed by atoms with Gasteiger partial charge in [-0.1, -0.05) is 6.07 Å². The van der Waals surface area contributed by atoms with Crippen LogP contribution in [0.5, 0.6) is 0 Å². The Morgan fingerprint density at radius 2 is 2.16 bits per heavy atom. The molecule has 0 aliphatic carbocycles. The molecule has 19 heavy (non-hydrogen) atoms. The number of aromatic nitrogens is 1. The number of nitrogens with zero attached hydrogens (tertiary/aromatic N) is 2. The number of hydrogen-bond acceptors (Lipinski definition) is 5. The Balaban J connectivity index is 1.40. The molecular weight excluding hydrogens is 296 g/mol. The number of nitrogens with one attached hydrogen (secondary N) is 2. The number of pyridine rings is 1. The van der Waals surface area contributed by atoms with Gasteiger partial charge in [0.05, 0.1) is 10.7 Å². The van der Waals surface area contributed by atoms with Crippen molar-refractivity contribution in [2.45, 2.75) is 17.2 Å². The first-order valence-corrected chi connectivity index (χ1v) is 8.79. The van der Waals surface area contributed by atoms with Crippen LogP contribution in [-0.4, -0.2) is 43.9 Å². The van der Waals surface area contributed by atoms with E-state index in [2.05, 4.69) is 20.7 Å². The van der Waals surface area contributed by atoms with Gasteiger partial charge in [-0.05, 0) is 24.4 Å². The van der Waals surface area contributed by atoms with Crippen molar-refractivity contribution in [1.82, 2.24) is 20.7 Å². The molecule has 3 rings (SSSR count). The molecule has 0 aromatic carbocycles. The van der Waals surface area contributed by atoms with Gasteiger partial charge in [-0.15, -0.1) is 23.5 Å². The standard InChI is InChI=1S/C12H16N4S3/c17-12(14-6-4-9-3-1-2-5-13-9)15-16-10-7-18-11(16)8-19-10/h1-3,5,10-11H,4,6-8H2,(H2,14,15,17)/t10-,11+. The molecule has 0 radical (unpaired) electrons. The fraction of sp³-hybridized carbons (Fsp3) is 0.500. The fourth-order valence-corrected chi connectivity index (χ4v) is 5.48. The van der Waals surface area contributed by atoms with Crippen LogP contribution in [0.15, 0.2) is 24.4 Å². The molecule has 4 nitrogen and oxygen atoms in total. The molecule has 0 spiro atoms. The van der Waals surface area contributed by atoms with E-state index >= 15 is 0 Å². The molecule has 102 valence electrons. The van der Waals surface area contributed by atoms with Gasteiger partial charge in [-0.3, -0.25) is 10.4 Å². The Morgan fingerprint density at radius 3 is 2.79 bits per heavy atom. The quantitative estimate of drug-likeness (QED) is 0.816. The molecule has 1 aromatic rings. The van der Waals surface area contributed by atoms with E-state index < -0.39 is 0 Å². The zero-order valence-corrected chi connectivity index (χ0v) is 12.9. The highest BCUT2D eigenvalue weighted by atomic mass is 32.2. The van der Waals surface area contributed by atoms with E-state index in [1.807, 2.05) is 47.9 Å². The van der Waals surface area contributed by atoms with E-state index in [-0.39, 0.29) is 0 Å². The van der Waals surface area contributed by atoms with Crippen molar-refractivity contribution in [3.8, 4) is 0 Å². The lowest BCUT2D eigenvalue weighted by Crippen LogP contribution is -2.49. The van der Waals surface area contributed by atoms with Gasteiger partial charge in [0.1, 0.15) is 0 Å². The van der Waals surface area contributed by atoms with Crippen LogP contribution in [0, 0.1) is 0 Å². The van der Waals surface area contributed by atoms with E-state index in [1.54, 1.807) is 0 Å². The average Bonchev–Trinajstić information content (AvgIpc) is 3.00. The van der Waals surface area contributed by atoms with Crippen molar-refractivity contribution >= 4 is 40.9 Å². The first kappa shape index (κ1) is 13.5. The van der Waals surface area contributed by atoms with Crippen LogP contribution in [0.25, 0.3) is 0 Å². The Labute approximate surface area is 127 Å². The Morgan fingerprint density at radius 1 is 1.37 bits per heavy atom. The zero-order valence-electron chi connectivity index (χ0n) is 10.4. The van der Waals surface area contributed by atoms with E-state index in [1.165, 1.54) is 11.5 Å². The van der Waals surface area contributed by atoms with Gasteiger partial charge in [0, 0.05) is 36.4 Å². The summed E-state index contributed by atoms with van der Waals surface area (Å²) in [5, 5.41) is 7.40. The van der Waals surface area contributed by atoms with Crippen LogP contribution >= 0.6 is 35.7 Å². The van der Waals surface area contributed by atoms with Gasteiger partial charge in [0.15, 0.2) is 5.11 Å². The Bertz CT molecular complexity index is 422. The fourth-order valence-electron chi connectivity index (χ4n) is 2.14. The van der Waals surface area contributed by atoms with Crippen molar-refractivity contribution in [2.75, 3.05) is 18.1 Å². The van der Waals surface area contributed by atoms with Crippen LogP contribution in [-0.2, 0) is 6.42 Å². The molecule has 2 N–H and O–H groups in total. The molecule has 2 fully saturated rings. The summed E-state index contributed by atoms with van der Waals surface area (Å²) in [7, 11) is 0. The molecule has 0 unspecified atom stereocenters. The lowest BCUT2D eigenvalue weighted by Gasteiger charge is -2.22. The third-order valence-corrected chi connectivity index (χ3v) is 6.34. The van der Waals surface area contributed by atoms with Gasteiger partial charge in [0.25, 0.3) is 0 Å². The molecule has 2 atom stereocenters. The smallest absolute Gasteiger partial charge is 0.181 e. The number of hydrazine groups is 1. The van der Waals surface area contributed by atoms with Gasteiger partial charge >= 0.3 is 0 Å². The number of fused-ring (bicyclic) bond motifs is 2. The number of thiocarbonyl (C=S) groups is 1. The van der Waals surface area contributed by atoms with Crippen LogP contribution in [0.2, 0.25) is 0 Å². The van der Waals surface area contributed by atoms with Crippen molar-refractivity contribution in [2.24, 2.45) is 0 Å². The predicted molar refractivity (Wildman–Crippen MR) is 86.0 cm³/mol. The molecule has 1 aromatic heterocycles. The zero-order chi connectivity index (χ0) is 13.1. The van der Waals surface area contributed by atoms with Crippen molar-refractivity contribution in [1.29, 1.82) is 0 Å². The summed E-state index contributed by atoms with van der Waals surface area (Å²) in [4.78, 5) is 4.29. The maximum Gasteiger partial charge on any atom is 0.181 e. The largest absolute Gasteiger partial charge is 0.361 e. The molecule has 0 amide bonds. The van der Waals surface area contributed by atoms with Gasteiger partial charge in [-0.25, -0.2) is 0 Å². The van der Waals surface area contributed by atoms with E-state index in [0.29, 0.717) is 10.7 Å². The third kappa shape index (κ3) is 3.34. The second-order valence-electron chi connectivity index (χ2n) is 4.42. The van der Waals surface area contributed by atoms with Crippen LogP contribution in [0.3, 0.4) is 0 Å². The molecule has 0 saturated carbocycles. The van der Waals surface area contributed by atoms with Crippen molar-refractivity contribution in [3.63, 3.8) is 0 Å². The summed E-state index contributed by atoms with van der Waals surface area (Å²) < 4.78 is 0. The molecule has 7 heteroatoms. The summed E-state index contributed by atoms with van der Waals surface area (Å²) in [5.74, 6) is 2.39. The third-order valence-electron chi connectivity index (χ3n) is 3.11. The maximum atomic E-state index is 5.34. The van der Waals surface area contributed by atoms with E-state index in [0.717, 1.165) is 23.8 Å². The summed E-state index contributed by atoms with van der Waals surface area (Å²) in [5.41, 5.74) is 4.41. The molecule has 2 aliphatic rings. The van der Waals surface area contributed by atoms with Crippen LogP contribution in [0.1, 0.15) is 5.69 Å². The number of hydrogen-bond donors (Lipinski definition) is 2. The second kappa shape index (κ2) is 6.30. The summed E-state index contributed by atoms with van der Waals surface area (Å²) in [6, 6.07) is 5.98. The lowest BCUT2D eigenvalue weighted by molar-refractivity contribution is 0.254. The lowest BCUT2D eigenvalue weighted by atomic mass is 10.3. The SMILES string of the molecule is S=C(NCCc1ccccn1)NN1[C@@H]2CS[C@@H]1CS2. The molecule has 3 heterocycles. The highest BCUT2D eigenvalue weighted by Gasteiger charge is 2.41. The molecule has 2 aliphatic heterocycles. The highest BCUT2D eigenvalue weighted by molar-refractivity contribution is 8.07. The summed E-state index contributed by atoms with van der Waals surface area (Å²) in [6.45, 7) is 0.812. The van der Waals surface area contributed by atoms with Gasteiger partial charge in [0.2, 0.25) is 0 Å². The average molecular weight is 312 g/mol. The number of rotatable bonds is 4. The Kier molecular flexibility index (Phi) is 4.47. The maximum absolute atomic E-state index is 5.34. The minimum atomic E-state index is 0.575. The van der Waals surface area contributed by atoms with Gasteiger partial charge in [-0.2, -0.15) is 5.01 Å². The summed E-state index contributed by atoms with van der Waals surface area (Å²) in [6.07, 6.45) is 2.71. The Hall–Kier alpha value is -0.500. The van der Waals surface area contributed by atoms with Crippen LogP contribution < -0.4 is 10.7 Å². The van der Waals surface area contributed by atoms with Crippen LogP contribution in [0.4, 0.5) is 0 Å². The summed E-state index contributed by atoms with van der Waals surface area (Å²) >= 11 is 9.35. The second-order valence-corrected chi connectivity index (χ2v) is 7.25.